The molecule has 0 radical (unpaired) electrons. The van der Waals surface area contributed by atoms with Crippen LogP contribution in [0.25, 0.3) is 0 Å². The summed E-state index contributed by atoms with van der Waals surface area (Å²) < 4.78 is 0. The van der Waals surface area contributed by atoms with Crippen LogP contribution in [0, 0.1) is 5.92 Å². The van der Waals surface area contributed by atoms with Crippen LogP contribution in [0.3, 0.4) is 0 Å². The van der Waals surface area contributed by atoms with E-state index in [-0.39, 0.29) is 6.04 Å². The molecule has 1 aliphatic rings. The average Bonchev–Trinajstić information content (AvgIpc) is 2.68. The van der Waals surface area contributed by atoms with Gasteiger partial charge in [0.05, 0.1) is 5.60 Å². The van der Waals surface area contributed by atoms with Gasteiger partial charge in [0.1, 0.15) is 0 Å². The molecule has 0 aromatic heterocycles. The predicted molar refractivity (Wildman–Crippen MR) is 55.5 cm³/mol. The third-order valence-electron chi connectivity index (χ3n) is 3.75. The Hall–Kier alpha value is -0.0800. The summed E-state index contributed by atoms with van der Waals surface area (Å²) in [5, 5.41) is 10.2. The minimum Gasteiger partial charge on any atom is -0.388 e. The van der Waals surface area contributed by atoms with Gasteiger partial charge in [0.25, 0.3) is 0 Å². The zero-order chi connectivity index (χ0) is 9.90. The van der Waals surface area contributed by atoms with Crippen molar-refractivity contribution in [2.24, 2.45) is 11.7 Å². The van der Waals surface area contributed by atoms with E-state index in [9.17, 15) is 5.11 Å². The van der Waals surface area contributed by atoms with Gasteiger partial charge in [-0.2, -0.15) is 0 Å². The Morgan fingerprint density at radius 3 is 2.15 bits per heavy atom. The molecular weight excluding hydrogens is 162 g/mol. The summed E-state index contributed by atoms with van der Waals surface area (Å²) >= 11 is 0. The number of rotatable bonds is 4. The number of aliphatic hydroxyl groups is 1. The molecule has 0 saturated heterocycles. The molecule has 1 saturated carbocycles. The van der Waals surface area contributed by atoms with Crippen molar-refractivity contribution in [3.8, 4) is 0 Å². The van der Waals surface area contributed by atoms with Gasteiger partial charge in [0, 0.05) is 6.04 Å². The normalized spacial score (nSPS) is 22.2. The first-order valence-electron chi connectivity index (χ1n) is 5.62. The zero-order valence-corrected chi connectivity index (χ0v) is 8.92. The second kappa shape index (κ2) is 4.43. The van der Waals surface area contributed by atoms with Crippen molar-refractivity contribution in [1.82, 2.24) is 0 Å². The van der Waals surface area contributed by atoms with Crippen LogP contribution in [0.1, 0.15) is 52.4 Å². The molecule has 2 nitrogen and oxygen atoms in total. The Morgan fingerprint density at radius 1 is 1.31 bits per heavy atom. The van der Waals surface area contributed by atoms with Gasteiger partial charge in [-0.25, -0.2) is 0 Å². The van der Waals surface area contributed by atoms with Gasteiger partial charge >= 0.3 is 0 Å². The third kappa shape index (κ3) is 2.23. The highest BCUT2D eigenvalue weighted by Gasteiger charge is 2.36. The molecule has 2 heteroatoms. The SMILES string of the molecule is CCC(O)(CC)C(N)C1CCCC1. The van der Waals surface area contributed by atoms with Crippen LogP contribution < -0.4 is 5.73 Å². The van der Waals surface area contributed by atoms with Crippen LogP contribution in [-0.2, 0) is 0 Å². The third-order valence-corrected chi connectivity index (χ3v) is 3.75. The van der Waals surface area contributed by atoms with E-state index in [2.05, 4.69) is 0 Å². The topological polar surface area (TPSA) is 46.2 Å². The van der Waals surface area contributed by atoms with Crippen molar-refractivity contribution >= 4 is 0 Å². The van der Waals surface area contributed by atoms with Crippen molar-refractivity contribution in [3.05, 3.63) is 0 Å². The van der Waals surface area contributed by atoms with E-state index in [0.717, 1.165) is 12.8 Å². The Morgan fingerprint density at radius 2 is 1.77 bits per heavy atom. The molecule has 1 aliphatic carbocycles. The molecule has 0 spiro atoms. The summed E-state index contributed by atoms with van der Waals surface area (Å²) in [6.07, 6.45) is 6.57. The van der Waals surface area contributed by atoms with Gasteiger partial charge in [-0.05, 0) is 31.6 Å². The standard InChI is InChI=1S/C11H23NO/c1-3-11(13,4-2)10(12)9-7-5-6-8-9/h9-10,13H,3-8,12H2,1-2H3. The van der Waals surface area contributed by atoms with Crippen LogP contribution in [0.2, 0.25) is 0 Å². The smallest absolute Gasteiger partial charge is 0.0795 e. The Balaban J connectivity index is 2.57. The summed E-state index contributed by atoms with van der Waals surface area (Å²) in [6, 6.07) is -0.00926. The lowest BCUT2D eigenvalue weighted by Crippen LogP contribution is -2.51. The number of nitrogens with two attached hydrogens (primary N) is 1. The maximum atomic E-state index is 10.2. The summed E-state index contributed by atoms with van der Waals surface area (Å²) in [6.45, 7) is 4.05. The van der Waals surface area contributed by atoms with Gasteiger partial charge in [0.2, 0.25) is 0 Å². The minimum atomic E-state index is -0.616. The fraction of sp³-hybridized carbons (Fsp3) is 1.00. The first kappa shape index (κ1) is 11.0. The molecule has 0 amide bonds. The van der Waals surface area contributed by atoms with Gasteiger partial charge in [0.15, 0.2) is 0 Å². The second-order valence-electron chi connectivity index (χ2n) is 4.38. The molecular formula is C11H23NO. The highest BCUT2D eigenvalue weighted by atomic mass is 16.3. The highest BCUT2D eigenvalue weighted by molar-refractivity contribution is 4.93. The molecule has 78 valence electrons. The van der Waals surface area contributed by atoms with Crippen molar-refractivity contribution in [2.75, 3.05) is 0 Å². The largest absolute Gasteiger partial charge is 0.388 e. The number of hydrogen-bond acceptors (Lipinski definition) is 2. The maximum absolute atomic E-state index is 10.2. The molecule has 0 aromatic rings. The van der Waals surface area contributed by atoms with E-state index in [4.69, 9.17) is 5.73 Å². The van der Waals surface area contributed by atoms with Gasteiger partial charge in [-0.1, -0.05) is 26.7 Å². The van der Waals surface area contributed by atoms with Crippen LogP contribution in [0.4, 0.5) is 0 Å². The van der Waals surface area contributed by atoms with Crippen molar-refractivity contribution < 1.29 is 5.11 Å². The summed E-state index contributed by atoms with van der Waals surface area (Å²) in [7, 11) is 0. The lowest BCUT2D eigenvalue weighted by molar-refractivity contribution is -0.0112. The Kier molecular flexibility index (Phi) is 3.74. The van der Waals surface area contributed by atoms with Gasteiger partial charge in [-0.15, -0.1) is 0 Å². The fourth-order valence-electron chi connectivity index (χ4n) is 2.48. The zero-order valence-electron chi connectivity index (χ0n) is 8.92. The molecule has 0 aliphatic heterocycles. The van der Waals surface area contributed by atoms with E-state index in [1.807, 2.05) is 13.8 Å². The van der Waals surface area contributed by atoms with Crippen LogP contribution in [0.15, 0.2) is 0 Å². The molecule has 1 unspecified atom stereocenters. The van der Waals surface area contributed by atoms with Crippen molar-refractivity contribution in [3.63, 3.8) is 0 Å². The molecule has 3 N–H and O–H groups in total. The van der Waals surface area contributed by atoms with E-state index < -0.39 is 5.60 Å². The highest BCUT2D eigenvalue weighted by Crippen LogP contribution is 2.33. The second-order valence-corrected chi connectivity index (χ2v) is 4.38. The van der Waals surface area contributed by atoms with E-state index in [1.165, 1.54) is 25.7 Å². The molecule has 1 fully saturated rings. The quantitative estimate of drug-likeness (QED) is 0.704. The minimum absolute atomic E-state index is 0.00926. The molecule has 0 aromatic carbocycles. The van der Waals surface area contributed by atoms with E-state index >= 15 is 0 Å². The van der Waals surface area contributed by atoms with Crippen molar-refractivity contribution in [2.45, 2.75) is 64.0 Å². The first-order chi connectivity index (χ1) is 6.14. The van der Waals surface area contributed by atoms with Gasteiger partial charge < -0.3 is 10.8 Å². The van der Waals surface area contributed by atoms with Crippen LogP contribution in [-0.4, -0.2) is 16.7 Å². The summed E-state index contributed by atoms with van der Waals surface area (Å²) in [4.78, 5) is 0. The van der Waals surface area contributed by atoms with E-state index in [0.29, 0.717) is 5.92 Å². The average molecular weight is 185 g/mol. The monoisotopic (exact) mass is 185 g/mol. The number of hydrogen-bond donors (Lipinski definition) is 2. The maximum Gasteiger partial charge on any atom is 0.0795 e. The lowest BCUT2D eigenvalue weighted by Gasteiger charge is -2.35. The van der Waals surface area contributed by atoms with Crippen LogP contribution in [0.5, 0.6) is 0 Å². The Bertz CT molecular complexity index is 148. The van der Waals surface area contributed by atoms with E-state index in [1.54, 1.807) is 0 Å². The summed E-state index contributed by atoms with van der Waals surface area (Å²) in [5.74, 6) is 0.560. The first-order valence-corrected chi connectivity index (χ1v) is 5.62. The lowest BCUT2D eigenvalue weighted by atomic mass is 9.80. The summed E-state index contributed by atoms with van der Waals surface area (Å²) in [5.41, 5.74) is 5.51. The molecule has 13 heavy (non-hydrogen) atoms. The molecule has 1 rings (SSSR count). The molecule has 1 atom stereocenters. The van der Waals surface area contributed by atoms with Gasteiger partial charge in [-0.3, -0.25) is 0 Å². The predicted octanol–water partition coefficient (Wildman–Crippen LogP) is 2.05. The van der Waals surface area contributed by atoms with Crippen LogP contribution >= 0.6 is 0 Å². The fourth-order valence-corrected chi connectivity index (χ4v) is 2.48. The molecule has 0 heterocycles. The Labute approximate surface area is 81.5 Å². The molecule has 0 bridgehead atoms. The van der Waals surface area contributed by atoms with Crippen molar-refractivity contribution in [1.29, 1.82) is 0 Å².